The number of fused-ring (bicyclic) bond motifs is 6. The van der Waals surface area contributed by atoms with Crippen LogP contribution in [0, 0.1) is 0 Å². The molecule has 0 spiro atoms. The van der Waals surface area contributed by atoms with Crippen LogP contribution in [-0.2, 0) is 0 Å². The Morgan fingerprint density at radius 2 is 0.857 bits per heavy atom. The molecule has 0 radical (unpaired) electrons. The van der Waals surface area contributed by atoms with Gasteiger partial charge in [0.2, 0.25) is 0 Å². The fourth-order valence-corrected chi connectivity index (χ4v) is 7.46. The summed E-state index contributed by atoms with van der Waals surface area (Å²) in [5.41, 5.74) is 7.57. The summed E-state index contributed by atoms with van der Waals surface area (Å²) >= 11 is 0. The van der Waals surface area contributed by atoms with Gasteiger partial charge < -0.3 is 4.42 Å². The molecular formula is C48H30O. The monoisotopic (exact) mass is 626 g/mol. The van der Waals surface area contributed by atoms with Crippen LogP contribution in [0.15, 0.2) is 186 Å². The smallest absolute Gasteiger partial charge is 0.136 e. The van der Waals surface area contributed by atoms with Crippen molar-refractivity contribution in [3.63, 3.8) is 0 Å². The number of furan rings is 1. The summed E-state index contributed by atoms with van der Waals surface area (Å²) in [6.07, 6.45) is 0. The predicted octanol–water partition coefficient (Wildman–Crippen LogP) is 13.7. The van der Waals surface area contributed by atoms with Crippen LogP contribution in [0.5, 0.6) is 0 Å². The second kappa shape index (κ2) is 11.1. The van der Waals surface area contributed by atoms with Crippen LogP contribution in [0.1, 0.15) is 5.48 Å². The number of rotatable bonds is 4. The van der Waals surface area contributed by atoms with Gasteiger partial charge in [-0.1, -0.05) is 158 Å². The lowest BCUT2D eigenvalue weighted by Gasteiger charge is -2.19. The van der Waals surface area contributed by atoms with Gasteiger partial charge in [-0.25, -0.2) is 0 Å². The van der Waals surface area contributed by atoms with Crippen LogP contribution in [-0.4, -0.2) is 0 Å². The molecule has 1 heteroatoms. The van der Waals surface area contributed by atoms with Gasteiger partial charge >= 0.3 is 0 Å². The molecule has 0 amide bonds. The van der Waals surface area contributed by atoms with Crippen molar-refractivity contribution in [2.75, 3.05) is 0 Å². The average Bonchev–Trinajstić information content (AvgIpc) is 3.55. The van der Waals surface area contributed by atoms with Crippen molar-refractivity contribution in [2.24, 2.45) is 0 Å². The second-order valence-electron chi connectivity index (χ2n) is 12.5. The van der Waals surface area contributed by atoms with E-state index >= 15 is 0 Å². The summed E-state index contributed by atoms with van der Waals surface area (Å²) in [7, 11) is 0. The number of hydrogen-bond acceptors (Lipinski definition) is 1. The van der Waals surface area contributed by atoms with Crippen molar-refractivity contribution < 1.29 is 9.90 Å². The standard InChI is InChI=1S/C48H30O/c1-2-12-31(13-3-1)32-22-24-33(25-23-32)37-16-6-7-17-39(37)48-42-20-10-8-18-40(42)47(41-19-9-11-21-43(41)48)36-26-27-38-44-28-34-14-4-5-15-35(34)29-46(44)49-45(38)30-36/h1-30H/i22D,23D,24D,25D. The summed E-state index contributed by atoms with van der Waals surface area (Å²) < 4.78 is 43.1. The molecule has 1 aromatic heterocycles. The molecule has 0 bridgehead atoms. The van der Waals surface area contributed by atoms with Gasteiger partial charge in [-0.2, -0.15) is 0 Å². The Balaban J connectivity index is 1.22. The summed E-state index contributed by atoms with van der Waals surface area (Å²) in [5, 5.41) is 8.69. The first-order valence-corrected chi connectivity index (χ1v) is 16.5. The highest BCUT2D eigenvalue weighted by Gasteiger charge is 2.20. The van der Waals surface area contributed by atoms with Crippen molar-refractivity contribution >= 4 is 54.3 Å². The molecule has 0 N–H and O–H groups in total. The molecule has 0 aliphatic heterocycles. The normalized spacial score (nSPS) is 12.8. The lowest BCUT2D eigenvalue weighted by Crippen LogP contribution is -1.92. The van der Waals surface area contributed by atoms with Crippen LogP contribution in [0.3, 0.4) is 0 Å². The molecule has 0 fully saturated rings. The fraction of sp³-hybridized carbons (Fsp3) is 0. The van der Waals surface area contributed by atoms with Crippen molar-refractivity contribution in [1.29, 1.82) is 0 Å². The zero-order valence-electron chi connectivity index (χ0n) is 30.4. The van der Waals surface area contributed by atoms with E-state index in [0.29, 0.717) is 16.7 Å². The second-order valence-corrected chi connectivity index (χ2v) is 12.5. The van der Waals surface area contributed by atoms with E-state index in [9.17, 15) is 2.74 Å². The fourth-order valence-electron chi connectivity index (χ4n) is 7.46. The molecule has 0 aliphatic carbocycles. The molecule has 0 saturated carbocycles. The van der Waals surface area contributed by atoms with Crippen LogP contribution >= 0.6 is 0 Å². The quantitative estimate of drug-likeness (QED) is 0.177. The molecule has 10 aromatic rings. The maximum atomic E-state index is 9.24. The SMILES string of the molecule is [2H]c1c([2H])c(-c2ccccc2-c2c3ccccc3c(-c3ccc4c(c3)oc3cc5ccccc5cc34)c3ccccc23)c([2H])c([2H])c1-c1ccccc1. The zero-order valence-corrected chi connectivity index (χ0v) is 26.4. The molecule has 9 aromatic carbocycles. The molecule has 0 atom stereocenters. The Hall–Kier alpha value is -6.44. The molecule has 228 valence electrons. The molecule has 0 saturated heterocycles. The Bertz CT molecular complexity index is 3020. The molecule has 0 aliphatic rings. The van der Waals surface area contributed by atoms with E-state index < -0.39 is 0 Å². The van der Waals surface area contributed by atoms with Crippen molar-refractivity contribution in [3.05, 3.63) is 182 Å². The van der Waals surface area contributed by atoms with Crippen LogP contribution in [0.2, 0.25) is 0 Å². The minimum Gasteiger partial charge on any atom is -0.456 e. The summed E-state index contributed by atoms with van der Waals surface area (Å²) in [6.45, 7) is 0. The summed E-state index contributed by atoms with van der Waals surface area (Å²) in [6, 6.07) is 52.8. The van der Waals surface area contributed by atoms with Crippen molar-refractivity contribution in [2.45, 2.75) is 0 Å². The van der Waals surface area contributed by atoms with Crippen LogP contribution < -0.4 is 0 Å². The van der Waals surface area contributed by atoms with Crippen molar-refractivity contribution in [1.82, 2.24) is 0 Å². The van der Waals surface area contributed by atoms with Gasteiger partial charge in [-0.3, -0.25) is 0 Å². The van der Waals surface area contributed by atoms with Crippen molar-refractivity contribution in [3.8, 4) is 44.5 Å². The highest BCUT2D eigenvalue weighted by atomic mass is 16.3. The maximum Gasteiger partial charge on any atom is 0.136 e. The average molecular weight is 627 g/mol. The van der Waals surface area contributed by atoms with E-state index in [-0.39, 0.29) is 29.7 Å². The van der Waals surface area contributed by atoms with Gasteiger partial charge in [0.15, 0.2) is 0 Å². The summed E-state index contributed by atoms with van der Waals surface area (Å²) in [4.78, 5) is 0. The maximum absolute atomic E-state index is 9.24. The van der Waals surface area contributed by atoms with E-state index in [2.05, 4.69) is 84.9 Å². The first kappa shape index (κ1) is 23.8. The molecule has 10 rings (SSSR count). The highest BCUT2D eigenvalue weighted by Crippen LogP contribution is 2.47. The molecule has 0 unspecified atom stereocenters. The minimum absolute atomic E-state index is 0.0545. The summed E-state index contributed by atoms with van der Waals surface area (Å²) in [5.74, 6) is 0. The van der Waals surface area contributed by atoms with Gasteiger partial charge in [0.05, 0.1) is 5.48 Å². The lowest BCUT2D eigenvalue weighted by atomic mass is 9.83. The molecule has 1 heterocycles. The lowest BCUT2D eigenvalue weighted by molar-refractivity contribution is 0.669. The third-order valence-electron chi connectivity index (χ3n) is 9.71. The third-order valence-corrected chi connectivity index (χ3v) is 9.71. The van der Waals surface area contributed by atoms with Crippen LogP contribution in [0.25, 0.3) is 98.8 Å². The van der Waals surface area contributed by atoms with E-state index in [0.717, 1.165) is 71.1 Å². The van der Waals surface area contributed by atoms with E-state index in [1.807, 2.05) is 72.8 Å². The predicted molar refractivity (Wildman–Crippen MR) is 208 cm³/mol. The number of benzene rings is 9. The first-order chi connectivity index (χ1) is 26.0. The number of hydrogen-bond donors (Lipinski definition) is 0. The molecule has 49 heavy (non-hydrogen) atoms. The van der Waals surface area contributed by atoms with Gasteiger partial charge in [0, 0.05) is 10.8 Å². The van der Waals surface area contributed by atoms with Gasteiger partial charge in [0.1, 0.15) is 11.2 Å². The topological polar surface area (TPSA) is 13.1 Å². The largest absolute Gasteiger partial charge is 0.456 e. The van der Waals surface area contributed by atoms with Gasteiger partial charge in [-0.15, -0.1) is 0 Å². The molecule has 1 nitrogen and oxygen atoms in total. The van der Waals surface area contributed by atoms with Gasteiger partial charge in [-0.05, 0) is 101 Å². The van der Waals surface area contributed by atoms with Crippen LogP contribution in [0.4, 0.5) is 0 Å². The Morgan fingerprint density at radius 1 is 0.327 bits per heavy atom. The van der Waals surface area contributed by atoms with E-state index in [1.54, 1.807) is 0 Å². The first-order valence-electron chi connectivity index (χ1n) is 18.5. The highest BCUT2D eigenvalue weighted by molar-refractivity contribution is 6.23. The van der Waals surface area contributed by atoms with E-state index in [4.69, 9.17) is 7.16 Å². The molecular weight excluding hydrogens is 593 g/mol. The zero-order chi connectivity index (χ0) is 35.8. The Labute approximate surface area is 289 Å². The Kier molecular flexibility index (Phi) is 5.38. The van der Waals surface area contributed by atoms with Gasteiger partial charge in [0.25, 0.3) is 0 Å². The Morgan fingerprint density at radius 3 is 1.55 bits per heavy atom. The third kappa shape index (κ3) is 4.47. The minimum atomic E-state index is -0.0606. The van der Waals surface area contributed by atoms with E-state index in [1.165, 1.54) is 5.39 Å².